The van der Waals surface area contributed by atoms with Crippen molar-refractivity contribution in [1.82, 2.24) is 0 Å². The van der Waals surface area contributed by atoms with Gasteiger partial charge in [0.2, 0.25) is 0 Å². The number of allylic oxidation sites excluding steroid dienone is 1. The van der Waals surface area contributed by atoms with Crippen LogP contribution in [0.1, 0.15) is 21.5 Å². The number of carbonyl (C=O) groups excluding carboxylic acids is 1. The lowest BCUT2D eigenvalue weighted by Crippen LogP contribution is -2.02. The molecule has 0 bridgehead atoms. The van der Waals surface area contributed by atoms with E-state index in [9.17, 15) is 4.79 Å². The van der Waals surface area contributed by atoms with Gasteiger partial charge in [-0.3, -0.25) is 4.79 Å². The lowest BCUT2D eigenvalue weighted by atomic mass is 9.95. The Hall–Kier alpha value is -2.93. The van der Waals surface area contributed by atoms with E-state index in [0.29, 0.717) is 11.1 Å². The molecule has 0 aliphatic heterocycles. The third-order valence-corrected chi connectivity index (χ3v) is 3.48. The maximum Gasteiger partial charge on any atom is 0.193 e. The average Bonchev–Trinajstić information content (AvgIpc) is 2.61. The van der Waals surface area contributed by atoms with E-state index < -0.39 is 0 Å². The Kier molecular flexibility index (Phi) is 4.26. The molecule has 0 saturated carbocycles. The summed E-state index contributed by atoms with van der Waals surface area (Å²) in [6, 6.07) is 29.1. The van der Waals surface area contributed by atoms with Crippen molar-refractivity contribution in [3.63, 3.8) is 0 Å². The van der Waals surface area contributed by atoms with Crippen LogP contribution in [-0.4, -0.2) is 5.78 Å². The summed E-state index contributed by atoms with van der Waals surface area (Å²) in [5.41, 5.74) is 3.36. The number of carbonyl (C=O) groups is 1. The van der Waals surface area contributed by atoms with Crippen LogP contribution in [0, 0.1) is 0 Å². The van der Waals surface area contributed by atoms with Crippen molar-refractivity contribution in [3.8, 4) is 0 Å². The van der Waals surface area contributed by atoms with E-state index in [2.05, 4.69) is 0 Å². The van der Waals surface area contributed by atoms with Gasteiger partial charge in [0.1, 0.15) is 0 Å². The van der Waals surface area contributed by atoms with Gasteiger partial charge in [0, 0.05) is 11.1 Å². The number of rotatable bonds is 4. The zero-order valence-corrected chi connectivity index (χ0v) is 12.1. The van der Waals surface area contributed by atoms with Crippen molar-refractivity contribution in [2.75, 3.05) is 0 Å². The molecule has 0 aromatic heterocycles. The van der Waals surface area contributed by atoms with Crippen molar-refractivity contribution >= 4 is 17.4 Å². The molecule has 1 nitrogen and oxygen atoms in total. The van der Waals surface area contributed by atoms with E-state index in [1.165, 1.54) is 0 Å². The van der Waals surface area contributed by atoms with Crippen molar-refractivity contribution in [3.05, 3.63) is 108 Å². The molecule has 1 heteroatoms. The summed E-state index contributed by atoms with van der Waals surface area (Å²) in [4.78, 5) is 12.9. The predicted octanol–water partition coefficient (Wildman–Crippen LogP) is 5.11. The average molecular weight is 284 g/mol. The highest BCUT2D eigenvalue weighted by Crippen LogP contribution is 2.22. The predicted molar refractivity (Wildman–Crippen MR) is 91.5 cm³/mol. The molecule has 0 spiro atoms. The number of ketones is 1. The Labute approximate surface area is 130 Å². The molecule has 0 aliphatic rings. The standard InChI is InChI=1S/C21H16O/c22-21(19-14-8-3-9-15-19)20(18-12-6-2-7-13-18)16-17-10-4-1-5-11-17/h1-16H/b20-16+. The number of hydrogen-bond acceptors (Lipinski definition) is 1. The third kappa shape index (κ3) is 3.21. The molecule has 0 heterocycles. The molecule has 3 aromatic rings. The lowest BCUT2D eigenvalue weighted by Gasteiger charge is -2.08. The van der Waals surface area contributed by atoms with Crippen LogP contribution >= 0.6 is 0 Å². The van der Waals surface area contributed by atoms with Gasteiger partial charge in [0.05, 0.1) is 0 Å². The van der Waals surface area contributed by atoms with Crippen LogP contribution < -0.4 is 0 Å². The SMILES string of the molecule is O=C(/C(=C/c1ccccc1)c1ccccc1)c1ccccc1. The number of Topliss-reactive ketones (excluding diaryl/α,β-unsaturated/α-hetero) is 1. The van der Waals surface area contributed by atoms with E-state index in [1.54, 1.807) is 0 Å². The van der Waals surface area contributed by atoms with Gasteiger partial charge in [-0.05, 0) is 17.2 Å². The molecule has 22 heavy (non-hydrogen) atoms. The fourth-order valence-electron chi connectivity index (χ4n) is 2.36. The first-order chi connectivity index (χ1) is 10.8. The molecule has 0 atom stereocenters. The quantitative estimate of drug-likeness (QED) is 0.369. The smallest absolute Gasteiger partial charge is 0.193 e. The fourth-order valence-corrected chi connectivity index (χ4v) is 2.36. The normalized spacial score (nSPS) is 11.2. The molecular weight excluding hydrogens is 268 g/mol. The highest BCUT2D eigenvalue weighted by atomic mass is 16.1. The van der Waals surface area contributed by atoms with Gasteiger partial charge >= 0.3 is 0 Å². The fraction of sp³-hybridized carbons (Fsp3) is 0. The summed E-state index contributed by atoms with van der Waals surface area (Å²) < 4.78 is 0. The van der Waals surface area contributed by atoms with Crippen LogP contribution in [0.4, 0.5) is 0 Å². The second-order valence-corrected chi connectivity index (χ2v) is 5.03. The van der Waals surface area contributed by atoms with Crippen LogP contribution in [0.3, 0.4) is 0 Å². The molecule has 106 valence electrons. The second-order valence-electron chi connectivity index (χ2n) is 5.03. The Morgan fingerprint density at radius 1 is 0.591 bits per heavy atom. The molecular formula is C21H16O. The van der Waals surface area contributed by atoms with Crippen LogP contribution in [0.5, 0.6) is 0 Å². The molecule has 3 aromatic carbocycles. The first kappa shape index (κ1) is 14.0. The molecule has 0 saturated heterocycles. The molecule has 0 radical (unpaired) electrons. The topological polar surface area (TPSA) is 17.1 Å². The second kappa shape index (κ2) is 6.68. The van der Waals surface area contributed by atoms with E-state index in [4.69, 9.17) is 0 Å². The number of hydrogen-bond donors (Lipinski definition) is 0. The lowest BCUT2D eigenvalue weighted by molar-refractivity contribution is 0.105. The van der Waals surface area contributed by atoms with Crippen LogP contribution in [0.15, 0.2) is 91.0 Å². The van der Waals surface area contributed by atoms with E-state index in [-0.39, 0.29) is 5.78 Å². The van der Waals surface area contributed by atoms with Crippen LogP contribution in [0.25, 0.3) is 11.6 Å². The van der Waals surface area contributed by atoms with Crippen molar-refractivity contribution in [2.45, 2.75) is 0 Å². The largest absolute Gasteiger partial charge is 0.289 e. The van der Waals surface area contributed by atoms with E-state index >= 15 is 0 Å². The molecule has 0 fully saturated rings. The maximum absolute atomic E-state index is 12.9. The number of benzene rings is 3. The maximum atomic E-state index is 12.9. The highest BCUT2D eigenvalue weighted by Gasteiger charge is 2.13. The molecule has 0 N–H and O–H groups in total. The van der Waals surface area contributed by atoms with Crippen LogP contribution in [-0.2, 0) is 0 Å². The van der Waals surface area contributed by atoms with E-state index in [1.807, 2.05) is 97.1 Å². The zero-order chi connectivity index (χ0) is 15.2. The Morgan fingerprint density at radius 3 is 1.59 bits per heavy atom. The van der Waals surface area contributed by atoms with Crippen LogP contribution in [0.2, 0.25) is 0 Å². The minimum Gasteiger partial charge on any atom is -0.289 e. The van der Waals surface area contributed by atoms with Crippen molar-refractivity contribution in [2.24, 2.45) is 0 Å². The summed E-state index contributed by atoms with van der Waals surface area (Å²) in [6.45, 7) is 0. The third-order valence-electron chi connectivity index (χ3n) is 3.48. The molecule has 3 rings (SSSR count). The summed E-state index contributed by atoms with van der Waals surface area (Å²) >= 11 is 0. The van der Waals surface area contributed by atoms with E-state index in [0.717, 1.165) is 11.1 Å². The minimum atomic E-state index is 0.0376. The van der Waals surface area contributed by atoms with Gasteiger partial charge in [0.25, 0.3) is 0 Å². The van der Waals surface area contributed by atoms with Gasteiger partial charge in [-0.25, -0.2) is 0 Å². The summed E-state index contributed by atoms with van der Waals surface area (Å²) in [5, 5.41) is 0. The Balaban J connectivity index is 2.08. The Morgan fingerprint density at radius 2 is 1.05 bits per heavy atom. The van der Waals surface area contributed by atoms with Crippen molar-refractivity contribution < 1.29 is 4.79 Å². The van der Waals surface area contributed by atoms with Gasteiger partial charge in [-0.1, -0.05) is 91.0 Å². The zero-order valence-electron chi connectivity index (χ0n) is 12.1. The van der Waals surface area contributed by atoms with Gasteiger partial charge in [0.15, 0.2) is 5.78 Å². The summed E-state index contributed by atoms with van der Waals surface area (Å²) in [5.74, 6) is 0.0376. The Bertz CT molecular complexity index is 772. The van der Waals surface area contributed by atoms with Gasteiger partial charge < -0.3 is 0 Å². The molecule has 0 aliphatic carbocycles. The minimum absolute atomic E-state index is 0.0376. The highest BCUT2D eigenvalue weighted by molar-refractivity contribution is 6.32. The molecule has 0 unspecified atom stereocenters. The first-order valence-corrected chi connectivity index (χ1v) is 7.26. The van der Waals surface area contributed by atoms with Gasteiger partial charge in [-0.2, -0.15) is 0 Å². The summed E-state index contributed by atoms with van der Waals surface area (Å²) in [7, 11) is 0. The van der Waals surface area contributed by atoms with Gasteiger partial charge in [-0.15, -0.1) is 0 Å². The monoisotopic (exact) mass is 284 g/mol. The first-order valence-electron chi connectivity index (χ1n) is 7.26. The van der Waals surface area contributed by atoms with Crippen molar-refractivity contribution in [1.29, 1.82) is 0 Å². The molecule has 0 amide bonds. The summed E-state index contributed by atoms with van der Waals surface area (Å²) in [6.07, 6.45) is 1.95.